The highest BCUT2D eigenvalue weighted by Crippen LogP contribution is 2.29. The molecule has 0 fully saturated rings. The smallest absolute Gasteiger partial charge is 0.350 e. The van der Waals surface area contributed by atoms with Gasteiger partial charge in [-0.15, -0.1) is 11.3 Å². The summed E-state index contributed by atoms with van der Waals surface area (Å²) in [6, 6.07) is 8.36. The fourth-order valence-electron chi connectivity index (χ4n) is 1.87. The predicted octanol–water partition coefficient (Wildman–Crippen LogP) is 3.30. The maximum absolute atomic E-state index is 13.5. The maximum atomic E-state index is 13.5. The largest absolute Gasteiger partial charge is 0.462 e. The number of rotatable bonds is 6. The molecular formula is C15H17FN2O2S. The molecule has 0 unspecified atom stereocenters. The monoisotopic (exact) mass is 308 g/mol. The molecule has 0 atom stereocenters. The van der Waals surface area contributed by atoms with Gasteiger partial charge in [0.2, 0.25) is 0 Å². The molecule has 0 bridgehead atoms. The van der Waals surface area contributed by atoms with Crippen LogP contribution in [0.5, 0.6) is 0 Å². The van der Waals surface area contributed by atoms with E-state index in [2.05, 4.69) is 5.32 Å². The average Bonchev–Trinajstić information content (AvgIpc) is 2.82. The van der Waals surface area contributed by atoms with Crippen LogP contribution in [0.4, 0.5) is 15.1 Å². The standard InChI is InChI=1S/C15H17FN2O2S/c1-2-20-15(19)14-12(17)9-13(21-14)18-8-7-10-5-3-4-6-11(10)16/h3-6,9,18H,2,7-8,17H2,1H3. The number of benzene rings is 1. The number of anilines is 2. The minimum Gasteiger partial charge on any atom is -0.462 e. The molecule has 0 amide bonds. The maximum Gasteiger partial charge on any atom is 0.350 e. The van der Waals surface area contributed by atoms with E-state index in [0.717, 1.165) is 5.00 Å². The molecule has 0 aliphatic rings. The number of thiophene rings is 1. The number of hydrogen-bond donors (Lipinski definition) is 2. The molecule has 0 saturated carbocycles. The Hall–Kier alpha value is -2.08. The Bertz CT molecular complexity index is 628. The van der Waals surface area contributed by atoms with Crippen LogP contribution in [-0.2, 0) is 11.2 Å². The van der Waals surface area contributed by atoms with Gasteiger partial charge in [0.05, 0.1) is 17.3 Å². The van der Waals surface area contributed by atoms with Crippen LogP contribution in [-0.4, -0.2) is 19.1 Å². The molecule has 1 aromatic heterocycles. The molecule has 4 nitrogen and oxygen atoms in total. The molecule has 0 radical (unpaired) electrons. The van der Waals surface area contributed by atoms with E-state index in [1.807, 2.05) is 0 Å². The first-order chi connectivity index (χ1) is 10.1. The van der Waals surface area contributed by atoms with Gasteiger partial charge in [-0.1, -0.05) is 18.2 Å². The van der Waals surface area contributed by atoms with Crippen molar-refractivity contribution in [2.24, 2.45) is 0 Å². The fraction of sp³-hybridized carbons (Fsp3) is 0.267. The zero-order valence-electron chi connectivity index (χ0n) is 11.7. The summed E-state index contributed by atoms with van der Waals surface area (Å²) >= 11 is 1.24. The molecule has 0 aliphatic heterocycles. The van der Waals surface area contributed by atoms with E-state index in [9.17, 15) is 9.18 Å². The summed E-state index contributed by atoms with van der Waals surface area (Å²) in [7, 11) is 0. The van der Waals surface area contributed by atoms with Crippen LogP contribution >= 0.6 is 11.3 Å². The molecule has 0 spiro atoms. The Morgan fingerprint density at radius 1 is 1.43 bits per heavy atom. The lowest BCUT2D eigenvalue weighted by atomic mass is 10.1. The van der Waals surface area contributed by atoms with E-state index in [1.54, 1.807) is 31.2 Å². The summed E-state index contributed by atoms with van der Waals surface area (Å²) in [5.74, 6) is -0.626. The van der Waals surface area contributed by atoms with E-state index in [4.69, 9.17) is 10.5 Å². The van der Waals surface area contributed by atoms with Gasteiger partial charge in [0.1, 0.15) is 10.7 Å². The third-order valence-corrected chi connectivity index (χ3v) is 3.96. The first-order valence-corrected chi connectivity index (χ1v) is 7.47. The van der Waals surface area contributed by atoms with Crippen molar-refractivity contribution in [3.63, 3.8) is 0 Å². The van der Waals surface area contributed by atoms with Crippen molar-refractivity contribution in [1.82, 2.24) is 0 Å². The Labute approximate surface area is 126 Å². The molecule has 6 heteroatoms. The Kier molecular flexibility index (Phi) is 5.16. The number of ether oxygens (including phenoxy) is 1. The molecular weight excluding hydrogens is 291 g/mol. The second-order valence-corrected chi connectivity index (χ2v) is 5.44. The summed E-state index contributed by atoms with van der Waals surface area (Å²) in [5.41, 5.74) is 6.84. The fourth-order valence-corrected chi connectivity index (χ4v) is 2.77. The lowest BCUT2D eigenvalue weighted by molar-refractivity contribution is 0.0533. The summed E-state index contributed by atoms with van der Waals surface area (Å²) in [4.78, 5) is 12.0. The van der Waals surface area contributed by atoms with Crippen LogP contribution in [0.2, 0.25) is 0 Å². The average molecular weight is 308 g/mol. The van der Waals surface area contributed by atoms with E-state index in [1.165, 1.54) is 17.4 Å². The molecule has 2 aromatic rings. The van der Waals surface area contributed by atoms with Crippen molar-refractivity contribution in [2.45, 2.75) is 13.3 Å². The Morgan fingerprint density at radius 2 is 2.19 bits per heavy atom. The first kappa shape index (κ1) is 15.3. The van der Waals surface area contributed by atoms with Crippen LogP contribution in [0.15, 0.2) is 30.3 Å². The van der Waals surface area contributed by atoms with E-state index < -0.39 is 5.97 Å². The highest BCUT2D eigenvalue weighted by atomic mass is 32.1. The molecule has 21 heavy (non-hydrogen) atoms. The van der Waals surface area contributed by atoms with Gasteiger partial charge in [-0.2, -0.15) is 0 Å². The lowest BCUT2D eigenvalue weighted by Gasteiger charge is -2.04. The molecule has 1 heterocycles. The van der Waals surface area contributed by atoms with Gasteiger partial charge in [-0.25, -0.2) is 9.18 Å². The van der Waals surface area contributed by atoms with E-state index in [0.29, 0.717) is 35.7 Å². The number of nitrogens with one attached hydrogen (secondary N) is 1. The highest BCUT2D eigenvalue weighted by Gasteiger charge is 2.15. The highest BCUT2D eigenvalue weighted by molar-refractivity contribution is 7.18. The van der Waals surface area contributed by atoms with Gasteiger partial charge in [-0.3, -0.25) is 0 Å². The second-order valence-electron chi connectivity index (χ2n) is 4.38. The van der Waals surface area contributed by atoms with Crippen LogP contribution in [0, 0.1) is 5.82 Å². The normalized spacial score (nSPS) is 10.4. The van der Waals surface area contributed by atoms with Crippen molar-refractivity contribution in [2.75, 3.05) is 24.2 Å². The number of halogens is 1. The Balaban J connectivity index is 1.94. The minimum absolute atomic E-state index is 0.211. The lowest BCUT2D eigenvalue weighted by Crippen LogP contribution is -2.05. The van der Waals surface area contributed by atoms with Crippen LogP contribution in [0.25, 0.3) is 0 Å². The van der Waals surface area contributed by atoms with Gasteiger partial charge < -0.3 is 15.8 Å². The zero-order valence-corrected chi connectivity index (χ0v) is 12.5. The van der Waals surface area contributed by atoms with Gasteiger partial charge >= 0.3 is 5.97 Å². The summed E-state index contributed by atoms with van der Waals surface area (Å²) in [6.07, 6.45) is 0.555. The SMILES string of the molecule is CCOC(=O)c1sc(NCCc2ccccc2F)cc1N. The van der Waals surface area contributed by atoms with E-state index in [-0.39, 0.29) is 5.82 Å². The van der Waals surface area contributed by atoms with Crippen LogP contribution in [0.3, 0.4) is 0 Å². The molecule has 3 N–H and O–H groups in total. The predicted molar refractivity (Wildman–Crippen MR) is 83.3 cm³/mol. The summed E-state index contributed by atoms with van der Waals surface area (Å²) in [5, 5.41) is 3.91. The second kappa shape index (κ2) is 7.08. The summed E-state index contributed by atoms with van der Waals surface area (Å²) in [6.45, 7) is 2.62. The van der Waals surface area contributed by atoms with Crippen molar-refractivity contribution in [3.8, 4) is 0 Å². The van der Waals surface area contributed by atoms with E-state index >= 15 is 0 Å². The van der Waals surface area contributed by atoms with Crippen molar-refractivity contribution in [1.29, 1.82) is 0 Å². The third-order valence-electron chi connectivity index (χ3n) is 2.87. The molecule has 0 saturated heterocycles. The van der Waals surface area contributed by atoms with Crippen LogP contribution in [0.1, 0.15) is 22.2 Å². The first-order valence-electron chi connectivity index (χ1n) is 6.65. The molecule has 0 aliphatic carbocycles. The van der Waals surface area contributed by atoms with Gasteiger partial charge in [-0.05, 0) is 31.0 Å². The summed E-state index contributed by atoms with van der Waals surface area (Å²) < 4.78 is 18.4. The van der Waals surface area contributed by atoms with Gasteiger partial charge in [0.25, 0.3) is 0 Å². The zero-order chi connectivity index (χ0) is 15.2. The number of nitrogen functional groups attached to an aromatic ring is 1. The molecule has 2 rings (SSSR count). The number of nitrogens with two attached hydrogens (primary N) is 1. The topological polar surface area (TPSA) is 64.3 Å². The minimum atomic E-state index is -0.415. The number of carbonyl (C=O) groups is 1. The quantitative estimate of drug-likeness (QED) is 0.804. The molecule has 1 aromatic carbocycles. The van der Waals surface area contributed by atoms with Crippen LogP contribution < -0.4 is 11.1 Å². The number of hydrogen-bond acceptors (Lipinski definition) is 5. The van der Waals surface area contributed by atoms with Gasteiger partial charge in [0, 0.05) is 6.54 Å². The van der Waals surface area contributed by atoms with Crippen molar-refractivity contribution < 1.29 is 13.9 Å². The third kappa shape index (κ3) is 3.95. The number of esters is 1. The van der Waals surface area contributed by atoms with Gasteiger partial charge in [0.15, 0.2) is 0 Å². The molecule has 112 valence electrons. The van der Waals surface area contributed by atoms with Crippen molar-refractivity contribution in [3.05, 3.63) is 46.6 Å². The Morgan fingerprint density at radius 3 is 2.90 bits per heavy atom. The van der Waals surface area contributed by atoms with Crippen molar-refractivity contribution >= 4 is 28.0 Å². The number of carbonyl (C=O) groups excluding carboxylic acids is 1.